The molecule has 1 heterocycles. The number of amides is 1. The minimum atomic E-state index is 0.0585. The Balaban J connectivity index is 1.47. The lowest BCUT2D eigenvalue weighted by atomic mass is 9.98. The molecule has 2 aliphatic rings. The lowest BCUT2D eigenvalue weighted by Crippen LogP contribution is -2.33. The second kappa shape index (κ2) is 6.70. The highest BCUT2D eigenvalue weighted by atomic mass is 35.5. The molecule has 2 aromatic carbocycles. The zero-order valence-corrected chi connectivity index (χ0v) is 14.7. The first-order valence-electron chi connectivity index (χ1n) is 8.68. The van der Waals surface area contributed by atoms with Crippen LogP contribution in [0.4, 0.5) is 0 Å². The highest BCUT2D eigenvalue weighted by Gasteiger charge is 2.42. The summed E-state index contributed by atoms with van der Waals surface area (Å²) in [6.07, 6.45) is 2.22. The van der Waals surface area contributed by atoms with E-state index in [2.05, 4.69) is 0 Å². The van der Waals surface area contributed by atoms with Crippen molar-refractivity contribution < 1.29 is 9.53 Å². The fraction of sp³-hybridized carbons (Fsp3) is 0.350. The molecule has 0 radical (unpaired) electrons. The van der Waals surface area contributed by atoms with Gasteiger partial charge in [-0.15, -0.1) is 0 Å². The van der Waals surface area contributed by atoms with Crippen LogP contribution in [-0.4, -0.2) is 29.9 Å². The first kappa shape index (κ1) is 16.4. The summed E-state index contributed by atoms with van der Waals surface area (Å²) >= 11 is 5.89. The van der Waals surface area contributed by atoms with Gasteiger partial charge in [0.2, 0.25) is 0 Å². The molecule has 2 fully saturated rings. The van der Waals surface area contributed by atoms with Crippen molar-refractivity contribution in [2.45, 2.75) is 18.9 Å². The molecule has 5 heteroatoms. The van der Waals surface area contributed by atoms with Gasteiger partial charge in [0.1, 0.15) is 11.5 Å². The molecule has 1 aliphatic heterocycles. The standard InChI is InChI=1S/C20H21ClN2O2/c21-15-5-7-16(8-6-15)25-17-3-1-2-13(10-17)20(24)23-11-14-4-9-19(22)18(14)12-23/h1-3,5-8,10,14,18-19H,4,9,11-12,22H2. The molecule has 0 spiro atoms. The Labute approximate surface area is 152 Å². The molecule has 3 atom stereocenters. The number of carbonyl (C=O) groups excluding carboxylic acids is 1. The van der Waals surface area contributed by atoms with Crippen LogP contribution in [0.2, 0.25) is 5.02 Å². The number of nitrogens with zero attached hydrogens (tertiary/aromatic N) is 1. The summed E-state index contributed by atoms with van der Waals surface area (Å²) in [4.78, 5) is 14.8. The van der Waals surface area contributed by atoms with Crippen LogP contribution < -0.4 is 10.5 Å². The van der Waals surface area contributed by atoms with E-state index in [-0.39, 0.29) is 11.9 Å². The summed E-state index contributed by atoms with van der Waals surface area (Å²) < 4.78 is 5.83. The molecule has 2 aromatic rings. The van der Waals surface area contributed by atoms with Crippen LogP contribution in [0.25, 0.3) is 0 Å². The maximum Gasteiger partial charge on any atom is 0.254 e. The number of benzene rings is 2. The second-order valence-electron chi connectivity index (χ2n) is 6.96. The lowest BCUT2D eigenvalue weighted by molar-refractivity contribution is 0.0779. The Kier molecular flexibility index (Phi) is 4.40. The number of halogens is 1. The molecule has 1 aliphatic carbocycles. The molecule has 1 saturated heterocycles. The van der Waals surface area contributed by atoms with Crippen LogP contribution >= 0.6 is 11.6 Å². The van der Waals surface area contributed by atoms with E-state index in [1.54, 1.807) is 30.3 Å². The van der Waals surface area contributed by atoms with Crippen LogP contribution in [0.1, 0.15) is 23.2 Å². The molecule has 2 N–H and O–H groups in total. The van der Waals surface area contributed by atoms with Gasteiger partial charge >= 0.3 is 0 Å². The molecule has 0 bridgehead atoms. The van der Waals surface area contributed by atoms with E-state index in [0.717, 1.165) is 25.9 Å². The quantitative estimate of drug-likeness (QED) is 0.906. The summed E-state index contributed by atoms with van der Waals surface area (Å²) in [6.45, 7) is 1.59. The van der Waals surface area contributed by atoms with E-state index in [1.807, 2.05) is 23.1 Å². The van der Waals surface area contributed by atoms with Crippen LogP contribution in [-0.2, 0) is 0 Å². The zero-order valence-electron chi connectivity index (χ0n) is 13.9. The van der Waals surface area contributed by atoms with Crippen molar-refractivity contribution in [3.05, 3.63) is 59.1 Å². The monoisotopic (exact) mass is 356 g/mol. The van der Waals surface area contributed by atoms with E-state index >= 15 is 0 Å². The molecule has 25 heavy (non-hydrogen) atoms. The third-order valence-corrected chi connectivity index (χ3v) is 5.58. The van der Waals surface area contributed by atoms with Gasteiger partial charge in [-0.25, -0.2) is 0 Å². The van der Waals surface area contributed by atoms with Gasteiger partial charge in [0, 0.05) is 29.7 Å². The lowest BCUT2D eigenvalue weighted by Gasteiger charge is -2.19. The van der Waals surface area contributed by atoms with Gasteiger partial charge in [0.05, 0.1) is 0 Å². The summed E-state index contributed by atoms with van der Waals surface area (Å²) in [6, 6.07) is 14.7. The van der Waals surface area contributed by atoms with E-state index in [9.17, 15) is 4.79 Å². The molecular formula is C20H21ClN2O2. The Morgan fingerprint density at radius 3 is 2.64 bits per heavy atom. The fourth-order valence-electron chi connectivity index (χ4n) is 3.99. The Morgan fingerprint density at radius 1 is 1.08 bits per heavy atom. The van der Waals surface area contributed by atoms with Gasteiger partial charge in [0.15, 0.2) is 0 Å². The Hall–Kier alpha value is -2.04. The van der Waals surface area contributed by atoms with E-state index < -0.39 is 0 Å². The van der Waals surface area contributed by atoms with Crippen molar-refractivity contribution in [1.82, 2.24) is 4.90 Å². The predicted octanol–water partition coefficient (Wildman–Crippen LogP) is 3.94. The number of hydrogen-bond donors (Lipinski definition) is 1. The van der Waals surface area contributed by atoms with Gasteiger partial charge in [-0.1, -0.05) is 17.7 Å². The highest BCUT2D eigenvalue weighted by molar-refractivity contribution is 6.30. The van der Waals surface area contributed by atoms with Gasteiger partial charge in [0.25, 0.3) is 5.91 Å². The van der Waals surface area contributed by atoms with Crippen molar-refractivity contribution in [1.29, 1.82) is 0 Å². The SMILES string of the molecule is NC1CCC2CN(C(=O)c3cccc(Oc4ccc(Cl)cc4)c3)CC12. The average Bonchev–Trinajstić information content (AvgIpc) is 3.19. The summed E-state index contributed by atoms with van der Waals surface area (Å²) in [5, 5.41) is 0.661. The largest absolute Gasteiger partial charge is 0.457 e. The van der Waals surface area contributed by atoms with Crippen molar-refractivity contribution >= 4 is 17.5 Å². The number of hydrogen-bond acceptors (Lipinski definition) is 3. The molecule has 1 amide bonds. The molecule has 1 saturated carbocycles. The van der Waals surface area contributed by atoms with Gasteiger partial charge in [-0.05, 0) is 67.1 Å². The Bertz CT molecular complexity index is 778. The predicted molar refractivity (Wildman–Crippen MR) is 98.1 cm³/mol. The number of ether oxygens (including phenoxy) is 1. The molecule has 130 valence electrons. The third-order valence-electron chi connectivity index (χ3n) is 5.33. The first-order valence-corrected chi connectivity index (χ1v) is 9.06. The number of likely N-dealkylation sites (tertiary alicyclic amines) is 1. The summed E-state index contributed by atoms with van der Waals surface area (Å²) in [7, 11) is 0. The molecule has 4 rings (SSSR count). The van der Waals surface area contributed by atoms with Crippen LogP contribution in [0, 0.1) is 11.8 Å². The van der Waals surface area contributed by atoms with Gasteiger partial charge in [-0.3, -0.25) is 4.79 Å². The van der Waals surface area contributed by atoms with Crippen molar-refractivity contribution in [3.63, 3.8) is 0 Å². The molecule has 0 aromatic heterocycles. The summed E-state index contributed by atoms with van der Waals surface area (Å²) in [5.41, 5.74) is 6.83. The minimum absolute atomic E-state index is 0.0585. The smallest absolute Gasteiger partial charge is 0.254 e. The number of fused-ring (bicyclic) bond motifs is 1. The van der Waals surface area contributed by atoms with Crippen LogP contribution in [0.15, 0.2) is 48.5 Å². The van der Waals surface area contributed by atoms with Gasteiger partial charge in [-0.2, -0.15) is 0 Å². The highest BCUT2D eigenvalue weighted by Crippen LogP contribution is 2.37. The van der Waals surface area contributed by atoms with Crippen LogP contribution in [0.3, 0.4) is 0 Å². The maximum atomic E-state index is 12.8. The molecular weight excluding hydrogens is 336 g/mol. The molecule has 4 nitrogen and oxygen atoms in total. The van der Waals surface area contributed by atoms with E-state index in [1.165, 1.54) is 0 Å². The number of carbonyl (C=O) groups is 1. The first-order chi connectivity index (χ1) is 12.1. The van der Waals surface area contributed by atoms with Gasteiger partial charge < -0.3 is 15.4 Å². The topological polar surface area (TPSA) is 55.6 Å². The normalized spacial score (nSPS) is 25.0. The van der Waals surface area contributed by atoms with Crippen LogP contribution in [0.5, 0.6) is 11.5 Å². The fourth-order valence-corrected chi connectivity index (χ4v) is 4.11. The number of rotatable bonds is 3. The molecule has 3 unspecified atom stereocenters. The van der Waals surface area contributed by atoms with Crippen molar-refractivity contribution in [2.75, 3.05) is 13.1 Å². The summed E-state index contributed by atoms with van der Waals surface area (Å²) in [5.74, 6) is 2.41. The average molecular weight is 357 g/mol. The number of nitrogens with two attached hydrogens (primary N) is 1. The maximum absolute atomic E-state index is 12.8. The van der Waals surface area contributed by atoms with E-state index in [4.69, 9.17) is 22.1 Å². The Morgan fingerprint density at radius 2 is 1.88 bits per heavy atom. The zero-order chi connectivity index (χ0) is 17.4. The van der Waals surface area contributed by atoms with E-state index in [0.29, 0.717) is 33.9 Å². The van der Waals surface area contributed by atoms with Crippen molar-refractivity contribution in [3.8, 4) is 11.5 Å². The third kappa shape index (κ3) is 3.37. The minimum Gasteiger partial charge on any atom is -0.457 e. The van der Waals surface area contributed by atoms with Crippen molar-refractivity contribution in [2.24, 2.45) is 17.6 Å². The second-order valence-corrected chi connectivity index (χ2v) is 7.40.